The molecule has 0 unspecified atom stereocenters. The molecule has 120 valence electrons. The molecule has 1 aromatic heterocycles. The molecule has 1 heterocycles. The van der Waals surface area contributed by atoms with Crippen molar-refractivity contribution in [1.82, 2.24) is 4.98 Å². The molecule has 0 amide bonds. The van der Waals surface area contributed by atoms with Crippen molar-refractivity contribution in [2.75, 3.05) is 5.32 Å². The van der Waals surface area contributed by atoms with E-state index in [4.69, 9.17) is 10.2 Å². The number of benzene rings is 1. The fourth-order valence-corrected chi connectivity index (χ4v) is 2.02. The van der Waals surface area contributed by atoms with Gasteiger partial charge in [-0.1, -0.05) is 19.1 Å². The molecule has 0 radical (unpaired) electrons. The average molecular weight is 414 g/mol. The van der Waals surface area contributed by atoms with Gasteiger partial charge in [-0.15, -0.1) is 24.0 Å². The Labute approximate surface area is 148 Å². The van der Waals surface area contributed by atoms with Crippen molar-refractivity contribution in [3.8, 4) is 0 Å². The highest BCUT2D eigenvalue weighted by Crippen LogP contribution is 2.13. The van der Waals surface area contributed by atoms with Crippen LogP contribution in [0.15, 0.2) is 33.7 Å². The van der Waals surface area contributed by atoms with E-state index in [-0.39, 0.29) is 24.0 Å². The largest absolute Gasteiger partial charge is 0.443 e. The number of guanidine groups is 1. The Morgan fingerprint density at radius 3 is 2.82 bits per heavy atom. The molecule has 0 saturated carbocycles. The molecule has 0 aliphatic carbocycles. The van der Waals surface area contributed by atoms with Crippen molar-refractivity contribution < 1.29 is 4.42 Å². The standard InChI is InChI=1S/C16H22N4O.HI/c1-4-6-15-19-12(3)14(21-15)10-18-16(17)20-13-8-5-7-11(2)9-13;/h5,7-9H,4,6,10H2,1-3H3,(H3,17,18,20);1H. The minimum Gasteiger partial charge on any atom is -0.443 e. The minimum absolute atomic E-state index is 0. The van der Waals surface area contributed by atoms with Crippen molar-refractivity contribution in [2.45, 2.75) is 40.2 Å². The van der Waals surface area contributed by atoms with Gasteiger partial charge in [0.15, 0.2) is 11.9 Å². The second-order valence-electron chi connectivity index (χ2n) is 5.06. The zero-order valence-electron chi connectivity index (χ0n) is 13.2. The van der Waals surface area contributed by atoms with Crippen LogP contribution in [0, 0.1) is 13.8 Å². The molecular weight excluding hydrogens is 391 g/mol. The van der Waals surface area contributed by atoms with Crippen molar-refractivity contribution >= 4 is 35.6 Å². The number of nitrogens with two attached hydrogens (primary N) is 1. The monoisotopic (exact) mass is 414 g/mol. The predicted octanol–water partition coefficient (Wildman–Crippen LogP) is 3.79. The second-order valence-corrected chi connectivity index (χ2v) is 5.06. The van der Waals surface area contributed by atoms with Crippen LogP contribution in [-0.2, 0) is 13.0 Å². The van der Waals surface area contributed by atoms with Crippen LogP contribution < -0.4 is 11.1 Å². The number of anilines is 1. The van der Waals surface area contributed by atoms with Crippen molar-refractivity contribution in [2.24, 2.45) is 10.7 Å². The Hall–Kier alpha value is -1.57. The van der Waals surface area contributed by atoms with E-state index in [1.807, 2.05) is 38.1 Å². The predicted molar refractivity (Wildman–Crippen MR) is 101 cm³/mol. The van der Waals surface area contributed by atoms with E-state index in [1.54, 1.807) is 0 Å². The molecule has 0 bridgehead atoms. The topological polar surface area (TPSA) is 76.4 Å². The first-order valence-corrected chi connectivity index (χ1v) is 7.17. The summed E-state index contributed by atoms with van der Waals surface area (Å²) in [6.07, 6.45) is 1.86. The van der Waals surface area contributed by atoms with Gasteiger partial charge >= 0.3 is 0 Å². The molecule has 0 atom stereocenters. The fourth-order valence-electron chi connectivity index (χ4n) is 2.02. The summed E-state index contributed by atoms with van der Waals surface area (Å²) < 4.78 is 5.67. The zero-order chi connectivity index (χ0) is 15.2. The summed E-state index contributed by atoms with van der Waals surface area (Å²) in [4.78, 5) is 8.68. The first-order chi connectivity index (χ1) is 10.1. The molecule has 2 aromatic rings. The summed E-state index contributed by atoms with van der Waals surface area (Å²) in [5.41, 5.74) is 8.87. The number of oxazole rings is 1. The van der Waals surface area contributed by atoms with E-state index < -0.39 is 0 Å². The van der Waals surface area contributed by atoms with E-state index in [9.17, 15) is 0 Å². The summed E-state index contributed by atoms with van der Waals surface area (Å²) in [5, 5.41) is 3.07. The molecule has 0 aliphatic heterocycles. The van der Waals surface area contributed by atoms with Crippen molar-refractivity contribution in [3.63, 3.8) is 0 Å². The van der Waals surface area contributed by atoms with Gasteiger partial charge in [0.1, 0.15) is 12.3 Å². The van der Waals surface area contributed by atoms with Gasteiger partial charge in [0.2, 0.25) is 0 Å². The summed E-state index contributed by atoms with van der Waals surface area (Å²) in [6.45, 7) is 6.46. The van der Waals surface area contributed by atoms with Gasteiger partial charge in [-0.3, -0.25) is 0 Å². The lowest BCUT2D eigenvalue weighted by molar-refractivity contribution is 0.453. The molecule has 0 saturated heterocycles. The molecule has 3 N–H and O–H groups in total. The van der Waals surface area contributed by atoms with Gasteiger partial charge in [-0.05, 0) is 38.0 Å². The lowest BCUT2D eigenvalue weighted by Gasteiger charge is -2.05. The second kappa shape index (κ2) is 8.77. The Balaban J connectivity index is 0.00000242. The quantitative estimate of drug-likeness (QED) is 0.444. The summed E-state index contributed by atoms with van der Waals surface area (Å²) >= 11 is 0. The SMILES string of the molecule is CCCc1nc(C)c(CN=C(N)Nc2cccc(C)c2)o1.I. The Morgan fingerprint density at radius 2 is 2.14 bits per heavy atom. The van der Waals surface area contributed by atoms with Crippen LogP contribution in [0.25, 0.3) is 0 Å². The normalized spacial score (nSPS) is 11.1. The fraction of sp³-hybridized carbons (Fsp3) is 0.375. The number of nitrogens with one attached hydrogen (secondary N) is 1. The molecule has 2 rings (SSSR count). The Morgan fingerprint density at radius 1 is 1.36 bits per heavy atom. The molecular formula is C16H23IN4O. The van der Waals surface area contributed by atoms with E-state index in [0.29, 0.717) is 12.5 Å². The van der Waals surface area contributed by atoms with E-state index in [0.717, 1.165) is 35.9 Å². The number of aryl methyl sites for hydroxylation is 3. The number of rotatable bonds is 5. The smallest absolute Gasteiger partial charge is 0.194 e. The molecule has 22 heavy (non-hydrogen) atoms. The van der Waals surface area contributed by atoms with Crippen LogP contribution in [0.4, 0.5) is 5.69 Å². The van der Waals surface area contributed by atoms with Crippen LogP contribution in [0.5, 0.6) is 0 Å². The molecule has 5 nitrogen and oxygen atoms in total. The average Bonchev–Trinajstić information content (AvgIpc) is 2.77. The first-order valence-electron chi connectivity index (χ1n) is 7.17. The van der Waals surface area contributed by atoms with Crippen LogP contribution in [0.1, 0.15) is 36.3 Å². The zero-order valence-corrected chi connectivity index (χ0v) is 15.5. The van der Waals surface area contributed by atoms with Gasteiger partial charge in [0.05, 0.1) is 5.69 Å². The van der Waals surface area contributed by atoms with Gasteiger partial charge in [0.25, 0.3) is 0 Å². The van der Waals surface area contributed by atoms with E-state index in [1.165, 1.54) is 5.56 Å². The van der Waals surface area contributed by atoms with Gasteiger partial charge in [0, 0.05) is 12.1 Å². The van der Waals surface area contributed by atoms with E-state index >= 15 is 0 Å². The van der Waals surface area contributed by atoms with Gasteiger partial charge < -0.3 is 15.5 Å². The number of hydrogen-bond acceptors (Lipinski definition) is 3. The van der Waals surface area contributed by atoms with Crippen molar-refractivity contribution in [1.29, 1.82) is 0 Å². The number of halogens is 1. The minimum atomic E-state index is 0. The Bertz CT molecular complexity index is 637. The summed E-state index contributed by atoms with van der Waals surface area (Å²) in [6, 6.07) is 7.98. The van der Waals surface area contributed by atoms with Crippen LogP contribution in [-0.4, -0.2) is 10.9 Å². The third kappa shape index (κ3) is 5.32. The number of aliphatic imine (C=N–C) groups is 1. The summed E-state index contributed by atoms with van der Waals surface area (Å²) in [7, 11) is 0. The highest BCUT2D eigenvalue weighted by Gasteiger charge is 2.08. The lowest BCUT2D eigenvalue weighted by Crippen LogP contribution is -2.22. The molecule has 0 aliphatic rings. The maximum Gasteiger partial charge on any atom is 0.194 e. The molecule has 6 heteroatoms. The third-order valence-electron chi connectivity index (χ3n) is 3.08. The summed E-state index contributed by atoms with van der Waals surface area (Å²) in [5.74, 6) is 1.91. The van der Waals surface area contributed by atoms with Gasteiger partial charge in [-0.2, -0.15) is 0 Å². The van der Waals surface area contributed by atoms with Crippen LogP contribution in [0.2, 0.25) is 0 Å². The molecule has 1 aromatic carbocycles. The third-order valence-corrected chi connectivity index (χ3v) is 3.08. The van der Waals surface area contributed by atoms with Gasteiger partial charge in [-0.25, -0.2) is 9.98 Å². The van der Waals surface area contributed by atoms with Crippen LogP contribution in [0.3, 0.4) is 0 Å². The maximum atomic E-state index is 5.90. The van der Waals surface area contributed by atoms with E-state index in [2.05, 4.69) is 22.2 Å². The number of nitrogens with zero attached hydrogens (tertiary/aromatic N) is 2. The molecule has 0 fully saturated rings. The lowest BCUT2D eigenvalue weighted by atomic mass is 10.2. The first kappa shape index (κ1) is 18.5. The maximum absolute atomic E-state index is 5.90. The van der Waals surface area contributed by atoms with Crippen LogP contribution >= 0.6 is 24.0 Å². The highest BCUT2D eigenvalue weighted by molar-refractivity contribution is 14.0. The molecule has 0 spiro atoms. The highest BCUT2D eigenvalue weighted by atomic mass is 127. The van der Waals surface area contributed by atoms with Crippen molar-refractivity contribution in [3.05, 3.63) is 47.2 Å². The Kier molecular flexibility index (Phi) is 7.37. The number of aromatic nitrogens is 1. The number of hydrogen-bond donors (Lipinski definition) is 2.